The molecule has 0 aliphatic heterocycles. The molecule has 0 saturated heterocycles. The van der Waals surface area contributed by atoms with Crippen LogP contribution in [0, 0.1) is 0 Å². The largest absolute Gasteiger partial charge is 0.0842 e. The Labute approximate surface area is 243 Å². The number of benzene rings is 5. The van der Waals surface area contributed by atoms with Crippen LogP contribution in [-0.4, -0.2) is 0 Å². The van der Waals surface area contributed by atoms with E-state index in [1.54, 1.807) is 0 Å². The van der Waals surface area contributed by atoms with Gasteiger partial charge in [-0.15, -0.1) is 0 Å². The van der Waals surface area contributed by atoms with Crippen LogP contribution in [0.25, 0.3) is 49.9 Å². The molecule has 0 spiro atoms. The molecule has 0 N–H and O–H groups in total. The van der Waals surface area contributed by atoms with Gasteiger partial charge in [0, 0.05) is 0 Å². The van der Waals surface area contributed by atoms with Gasteiger partial charge in [0.05, 0.1) is 0 Å². The van der Waals surface area contributed by atoms with Gasteiger partial charge in [-0.2, -0.15) is 0 Å². The maximum Gasteiger partial charge on any atom is -0.00665 e. The van der Waals surface area contributed by atoms with Gasteiger partial charge in [-0.05, 0) is 98.7 Å². The third-order valence-corrected chi connectivity index (χ3v) is 8.57. The topological polar surface area (TPSA) is 0 Å². The summed E-state index contributed by atoms with van der Waals surface area (Å²) in [6, 6.07) is 35.8. The number of rotatable bonds is 3. The van der Waals surface area contributed by atoms with Gasteiger partial charge >= 0.3 is 0 Å². The monoisotopic (exact) mass is 526 g/mol. The average Bonchev–Trinajstić information content (AvgIpc) is 3.03. The molecule has 5 aromatic carbocycles. The first-order valence-corrected chi connectivity index (χ1v) is 14.8. The lowest BCUT2D eigenvalue weighted by molar-refractivity contribution is 1.00. The number of allylic oxidation sites excluding steroid dienone is 9. The first-order chi connectivity index (χ1) is 20.3. The highest BCUT2D eigenvalue weighted by atomic mass is 14.3. The maximum absolute atomic E-state index is 2.49. The number of hydrogen-bond donors (Lipinski definition) is 0. The summed E-state index contributed by atoms with van der Waals surface area (Å²) >= 11 is 0. The van der Waals surface area contributed by atoms with E-state index in [1.165, 1.54) is 71.6 Å². The summed E-state index contributed by atoms with van der Waals surface area (Å²) in [7, 11) is 0. The van der Waals surface area contributed by atoms with Crippen LogP contribution in [0.15, 0.2) is 139 Å². The van der Waals surface area contributed by atoms with Crippen molar-refractivity contribution in [3.05, 3.63) is 161 Å². The predicted octanol–water partition coefficient (Wildman–Crippen LogP) is 11.4. The standard InChI is InChI=1S/C41H34/c1-29-14-5-2-3-6-17-32(25-24-29)40-35-19-9-11-21-37(35)41(38-22-12-10-20-36(38)40)33-27-26-31-18-13-23-34(39(31)28-33)30-15-7-4-8-16-30/h2-5,7-16,18-25,28H,6,17,26-27H2,1H3/b3-2+,14-5-,29-24+,32-25+. The molecule has 41 heavy (non-hydrogen) atoms. The van der Waals surface area contributed by atoms with E-state index in [0.717, 1.165) is 25.7 Å². The molecule has 198 valence electrons. The highest BCUT2D eigenvalue weighted by molar-refractivity contribution is 6.17. The van der Waals surface area contributed by atoms with Crippen molar-refractivity contribution in [1.82, 2.24) is 0 Å². The molecule has 5 aromatic rings. The SMILES string of the molecule is CC1=C\C=C(\c2c3ccccc3c(C3=Cc4c(cccc4-c4ccccc4)CC3)c3ccccc23)CC/C=C/C=C\1. The fourth-order valence-corrected chi connectivity index (χ4v) is 6.60. The van der Waals surface area contributed by atoms with Crippen molar-refractivity contribution in [2.24, 2.45) is 0 Å². The van der Waals surface area contributed by atoms with Crippen LogP contribution in [0.5, 0.6) is 0 Å². The molecule has 2 aliphatic carbocycles. The number of hydrogen-bond acceptors (Lipinski definition) is 0. The summed E-state index contributed by atoms with van der Waals surface area (Å²) in [5, 5.41) is 5.39. The molecule has 0 amide bonds. The second kappa shape index (κ2) is 11.1. The van der Waals surface area contributed by atoms with Crippen LogP contribution in [-0.2, 0) is 6.42 Å². The Morgan fingerprint density at radius 2 is 1.20 bits per heavy atom. The Balaban J connectivity index is 1.49. The van der Waals surface area contributed by atoms with Crippen LogP contribution < -0.4 is 0 Å². The summed E-state index contributed by atoms with van der Waals surface area (Å²) in [5.74, 6) is 0. The minimum atomic E-state index is 1.01. The van der Waals surface area contributed by atoms with Gasteiger partial charge in [-0.25, -0.2) is 0 Å². The lowest BCUT2D eigenvalue weighted by Crippen LogP contribution is -2.03. The lowest BCUT2D eigenvalue weighted by Gasteiger charge is -2.24. The Kier molecular flexibility index (Phi) is 6.83. The minimum Gasteiger partial charge on any atom is -0.0842 e. The summed E-state index contributed by atoms with van der Waals surface area (Å²) in [6.07, 6.45) is 20.0. The Bertz CT molecular complexity index is 1870. The van der Waals surface area contributed by atoms with E-state index in [4.69, 9.17) is 0 Å². The summed E-state index contributed by atoms with van der Waals surface area (Å²) in [5.41, 5.74) is 12.3. The van der Waals surface area contributed by atoms with Crippen molar-refractivity contribution in [1.29, 1.82) is 0 Å². The molecule has 0 bridgehead atoms. The Morgan fingerprint density at radius 1 is 0.537 bits per heavy atom. The van der Waals surface area contributed by atoms with Crippen molar-refractivity contribution in [3.63, 3.8) is 0 Å². The van der Waals surface area contributed by atoms with E-state index in [-0.39, 0.29) is 0 Å². The van der Waals surface area contributed by atoms with Gasteiger partial charge in [-0.1, -0.05) is 145 Å². The number of aryl methyl sites for hydroxylation is 1. The predicted molar refractivity (Wildman–Crippen MR) is 179 cm³/mol. The van der Waals surface area contributed by atoms with Crippen LogP contribution in [0.4, 0.5) is 0 Å². The smallest absolute Gasteiger partial charge is 0.00665 e. The van der Waals surface area contributed by atoms with Crippen molar-refractivity contribution in [2.75, 3.05) is 0 Å². The zero-order chi connectivity index (χ0) is 27.6. The summed E-state index contributed by atoms with van der Waals surface area (Å²) < 4.78 is 0. The molecular formula is C41H34. The Morgan fingerprint density at radius 3 is 1.90 bits per heavy atom. The number of fused-ring (bicyclic) bond motifs is 3. The van der Waals surface area contributed by atoms with Crippen molar-refractivity contribution >= 4 is 38.8 Å². The normalized spacial score (nSPS) is 19.4. The molecular weight excluding hydrogens is 492 g/mol. The van der Waals surface area contributed by atoms with Crippen molar-refractivity contribution < 1.29 is 0 Å². The van der Waals surface area contributed by atoms with Crippen LogP contribution >= 0.6 is 0 Å². The van der Waals surface area contributed by atoms with Crippen LogP contribution in [0.3, 0.4) is 0 Å². The van der Waals surface area contributed by atoms with Gasteiger partial charge < -0.3 is 0 Å². The quantitative estimate of drug-likeness (QED) is 0.205. The molecule has 0 nitrogen and oxygen atoms in total. The molecule has 0 unspecified atom stereocenters. The molecule has 0 saturated carbocycles. The van der Waals surface area contributed by atoms with Crippen LogP contribution in [0.1, 0.15) is 48.4 Å². The third-order valence-electron chi connectivity index (χ3n) is 8.57. The third kappa shape index (κ3) is 4.81. The van der Waals surface area contributed by atoms with Crippen molar-refractivity contribution in [3.8, 4) is 11.1 Å². The summed E-state index contributed by atoms with van der Waals surface area (Å²) in [4.78, 5) is 0. The molecule has 0 radical (unpaired) electrons. The highest BCUT2D eigenvalue weighted by Gasteiger charge is 2.21. The molecule has 0 aromatic heterocycles. The zero-order valence-corrected chi connectivity index (χ0v) is 23.6. The molecule has 0 heteroatoms. The molecule has 0 atom stereocenters. The second-order valence-corrected chi connectivity index (χ2v) is 11.2. The van der Waals surface area contributed by atoms with Crippen LogP contribution in [0.2, 0.25) is 0 Å². The fraction of sp³-hybridized carbons (Fsp3) is 0.122. The lowest BCUT2D eigenvalue weighted by atomic mass is 9.80. The first-order valence-electron chi connectivity index (χ1n) is 14.8. The van der Waals surface area contributed by atoms with E-state index in [9.17, 15) is 0 Å². The Hall–Kier alpha value is -4.68. The highest BCUT2D eigenvalue weighted by Crippen LogP contribution is 2.44. The maximum atomic E-state index is 2.49. The van der Waals surface area contributed by atoms with E-state index in [2.05, 4.69) is 147 Å². The van der Waals surface area contributed by atoms with Gasteiger partial charge in [0.15, 0.2) is 0 Å². The van der Waals surface area contributed by atoms with Gasteiger partial charge in [-0.3, -0.25) is 0 Å². The molecule has 7 rings (SSSR count). The minimum absolute atomic E-state index is 1.01. The summed E-state index contributed by atoms with van der Waals surface area (Å²) in [6.45, 7) is 2.18. The van der Waals surface area contributed by atoms with Gasteiger partial charge in [0.1, 0.15) is 0 Å². The van der Waals surface area contributed by atoms with E-state index in [0.29, 0.717) is 0 Å². The average molecular weight is 527 g/mol. The van der Waals surface area contributed by atoms with Crippen molar-refractivity contribution in [2.45, 2.75) is 32.6 Å². The van der Waals surface area contributed by atoms with E-state index in [1.807, 2.05) is 0 Å². The van der Waals surface area contributed by atoms with Gasteiger partial charge in [0.25, 0.3) is 0 Å². The second-order valence-electron chi connectivity index (χ2n) is 11.2. The zero-order valence-electron chi connectivity index (χ0n) is 23.6. The molecule has 2 aliphatic rings. The van der Waals surface area contributed by atoms with E-state index < -0.39 is 0 Å². The molecule has 0 heterocycles. The first kappa shape index (κ1) is 25.3. The molecule has 0 fully saturated rings. The fourth-order valence-electron chi connectivity index (χ4n) is 6.60. The van der Waals surface area contributed by atoms with E-state index >= 15 is 0 Å². The van der Waals surface area contributed by atoms with Gasteiger partial charge in [0.2, 0.25) is 0 Å².